The van der Waals surface area contributed by atoms with Crippen molar-refractivity contribution in [1.29, 1.82) is 0 Å². The number of benzene rings is 2. The molecule has 3 aliphatic rings. The lowest BCUT2D eigenvalue weighted by molar-refractivity contribution is -0.0902. The van der Waals surface area contributed by atoms with E-state index in [4.69, 9.17) is 9.57 Å². The number of nitrogens with zero attached hydrogens (tertiary/aromatic N) is 4. The van der Waals surface area contributed by atoms with Crippen molar-refractivity contribution in [3.05, 3.63) is 77.1 Å². The summed E-state index contributed by atoms with van der Waals surface area (Å²) in [7, 11) is 1.67. The van der Waals surface area contributed by atoms with E-state index >= 15 is 0 Å². The lowest BCUT2D eigenvalue weighted by Gasteiger charge is -2.37. The van der Waals surface area contributed by atoms with E-state index in [1.54, 1.807) is 19.5 Å². The van der Waals surface area contributed by atoms with E-state index in [-0.39, 0.29) is 5.82 Å². The number of ether oxygens (including phenoxy) is 1. The maximum Gasteiger partial charge on any atom is 0.256 e. The minimum absolute atomic E-state index is 0.264. The van der Waals surface area contributed by atoms with Crippen LogP contribution >= 0.6 is 0 Å². The molecule has 1 spiro atoms. The Kier molecular flexibility index (Phi) is 4.43. The minimum Gasteiger partial charge on any atom is -0.495 e. The van der Waals surface area contributed by atoms with Gasteiger partial charge in [0.05, 0.1) is 31.4 Å². The second-order valence-electron chi connectivity index (χ2n) is 8.61. The van der Waals surface area contributed by atoms with E-state index < -0.39 is 5.72 Å². The number of hydrogen-bond donors (Lipinski definition) is 1. The van der Waals surface area contributed by atoms with Gasteiger partial charge in [-0.1, -0.05) is 11.2 Å². The Morgan fingerprint density at radius 2 is 2.15 bits per heavy atom. The lowest BCUT2D eigenvalue weighted by atomic mass is 9.95. The zero-order valence-electron chi connectivity index (χ0n) is 18.5. The first-order valence-corrected chi connectivity index (χ1v) is 11.0. The molecule has 4 heterocycles. The fourth-order valence-corrected chi connectivity index (χ4v) is 4.97. The van der Waals surface area contributed by atoms with E-state index in [9.17, 15) is 4.39 Å². The SMILES string of the molecule is COc1cc(/C=C2\CCCN3C2=NO[C@@]32CNc3cc(F)ccc32)ccc1-n1cnc(C)c1. The smallest absolute Gasteiger partial charge is 0.256 e. The number of piperidine rings is 1. The molecule has 0 saturated carbocycles. The first-order valence-electron chi connectivity index (χ1n) is 11.0. The third-order valence-electron chi connectivity index (χ3n) is 6.55. The van der Waals surface area contributed by atoms with Gasteiger partial charge >= 0.3 is 0 Å². The molecular formula is C25H24FN5O2. The van der Waals surface area contributed by atoms with E-state index in [0.29, 0.717) is 6.54 Å². The van der Waals surface area contributed by atoms with Crippen LogP contribution in [-0.2, 0) is 10.6 Å². The summed E-state index contributed by atoms with van der Waals surface area (Å²) in [6.07, 6.45) is 7.79. The molecule has 1 saturated heterocycles. The van der Waals surface area contributed by atoms with Gasteiger partial charge < -0.3 is 24.4 Å². The summed E-state index contributed by atoms with van der Waals surface area (Å²) in [6.45, 7) is 3.32. The Labute approximate surface area is 191 Å². The highest BCUT2D eigenvalue weighted by Gasteiger charge is 2.53. The van der Waals surface area contributed by atoms with Crippen molar-refractivity contribution in [2.75, 3.05) is 25.5 Å². The fraction of sp³-hybridized carbons (Fsp3) is 0.280. The molecule has 3 aromatic rings. The molecule has 0 unspecified atom stereocenters. The molecule has 0 amide bonds. The van der Waals surface area contributed by atoms with Crippen LogP contribution in [0, 0.1) is 12.7 Å². The number of oxime groups is 1. The van der Waals surface area contributed by atoms with Crippen LogP contribution in [0.15, 0.2) is 59.7 Å². The molecule has 7 nitrogen and oxygen atoms in total. The number of amidine groups is 1. The van der Waals surface area contributed by atoms with E-state index in [0.717, 1.165) is 64.7 Å². The maximum absolute atomic E-state index is 13.7. The molecule has 1 N–H and O–H groups in total. The average Bonchev–Trinajstić information content (AvgIpc) is 3.52. The Hall–Kier alpha value is -3.81. The van der Waals surface area contributed by atoms with Crippen LogP contribution in [0.2, 0.25) is 0 Å². The first-order chi connectivity index (χ1) is 16.1. The third kappa shape index (κ3) is 3.08. The van der Waals surface area contributed by atoms with Gasteiger partial charge in [-0.05, 0) is 67.3 Å². The lowest BCUT2D eigenvalue weighted by Crippen LogP contribution is -2.50. The van der Waals surface area contributed by atoms with Gasteiger partial charge in [-0.25, -0.2) is 9.37 Å². The number of methoxy groups -OCH3 is 1. The van der Waals surface area contributed by atoms with Gasteiger partial charge in [-0.2, -0.15) is 0 Å². The van der Waals surface area contributed by atoms with Crippen LogP contribution in [0.4, 0.5) is 10.1 Å². The summed E-state index contributed by atoms with van der Waals surface area (Å²) in [5.74, 6) is 1.35. The van der Waals surface area contributed by atoms with Gasteiger partial charge in [-0.3, -0.25) is 0 Å². The molecule has 33 heavy (non-hydrogen) atoms. The van der Waals surface area contributed by atoms with Crippen LogP contribution in [0.5, 0.6) is 5.75 Å². The van der Waals surface area contributed by atoms with E-state index in [1.165, 1.54) is 12.1 Å². The average molecular weight is 445 g/mol. The van der Waals surface area contributed by atoms with Gasteiger partial charge in [0.15, 0.2) is 5.84 Å². The minimum atomic E-state index is -0.724. The molecule has 0 aliphatic carbocycles. The van der Waals surface area contributed by atoms with Gasteiger partial charge in [0, 0.05) is 24.0 Å². The Bertz CT molecular complexity index is 1310. The Morgan fingerprint density at radius 1 is 1.24 bits per heavy atom. The molecule has 6 rings (SSSR count). The van der Waals surface area contributed by atoms with Crippen molar-refractivity contribution < 1.29 is 14.0 Å². The van der Waals surface area contributed by atoms with Crippen molar-refractivity contribution in [3.8, 4) is 11.4 Å². The molecule has 3 aliphatic heterocycles. The number of imidazole rings is 1. The van der Waals surface area contributed by atoms with Crippen molar-refractivity contribution in [2.24, 2.45) is 5.16 Å². The normalized spacial score (nSPS) is 22.1. The molecule has 1 atom stereocenters. The number of aromatic nitrogens is 2. The quantitative estimate of drug-likeness (QED) is 0.646. The molecular weight excluding hydrogens is 421 g/mol. The maximum atomic E-state index is 13.7. The van der Waals surface area contributed by atoms with Crippen LogP contribution < -0.4 is 10.1 Å². The Balaban J connectivity index is 1.33. The van der Waals surface area contributed by atoms with Crippen LogP contribution in [0.1, 0.15) is 29.7 Å². The van der Waals surface area contributed by atoms with Gasteiger partial charge in [-0.15, -0.1) is 0 Å². The monoisotopic (exact) mass is 445 g/mol. The molecule has 168 valence electrons. The highest BCUT2D eigenvalue weighted by atomic mass is 19.1. The largest absolute Gasteiger partial charge is 0.495 e. The van der Waals surface area contributed by atoms with Crippen molar-refractivity contribution in [2.45, 2.75) is 25.5 Å². The summed E-state index contributed by atoms with van der Waals surface area (Å²) in [6, 6.07) is 10.9. The zero-order valence-corrected chi connectivity index (χ0v) is 18.5. The van der Waals surface area contributed by atoms with Crippen molar-refractivity contribution in [1.82, 2.24) is 14.5 Å². The molecule has 1 aromatic heterocycles. The van der Waals surface area contributed by atoms with E-state index in [2.05, 4.69) is 32.5 Å². The number of aryl methyl sites for hydroxylation is 1. The zero-order chi connectivity index (χ0) is 22.6. The third-order valence-corrected chi connectivity index (χ3v) is 6.55. The predicted molar refractivity (Wildman–Crippen MR) is 124 cm³/mol. The molecule has 8 heteroatoms. The highest BCUT2D eigenvalue weighted by Crippen LogP contribution is 2.46. The van der Waals surface area contributed by atoms with E-state index in [1.807, 2.05) is 29.8 Å². The number of halogens is 1. The molecule has 2 aromatic carbocycles. The number of fused-ring (bicyclic) bond motifs is 4. The van der Waals surface area contributed by atoms with Crippen LogP contribution in [-0.4, -0.2) is 40.5 Å². The molecule has 1 fully saturated rings. The highest BCUT2D eigenvalue weighted by molar-refractivity contribution is 6.03. The standard InChI is InChI=1S/C25H24FN5O2/c1-16-13-30(15-28-16)22-8-5-17(11-23(22)32-2)10-18-4-3-9-31-24(18)29-33-25(31)14-27-21-12-19(26)6-7-20(21)25/h5-8,10-13,15,27H,3-4,9,14H2,1-2H3/b18-10+/t25-/m1/s1. The first kappa shape index (κ1) is 19.8. The summed E-state index contributed by atoms with van der Waals surface area (Å²) in [4.78, 5) is 12.6. The van der Waals surface area contributed by atoms with Gasteiger partial charge in [0.25, 0.3) is 5.72 Å². The molecule has 0 radical (unpaired) electrons. The topological polar surface area (TPSA) is 63.9 Å². The van der Waals surface area contributed by atoms with Crippen LogP contribution in [0.3, 0.4) is 0 Å². The number of rotatable bonds is 3. The fourth-order valence-electron chi connectivity index (χ4n) is 4.97. The van der Waals surface area contributed by atoms with Crippen molar-refractivity contribution in [3.63, 3.8) is 0 Å². The predicted octanol–water partition coefficient (Wildman–Crippen LogP) is 4.43. The van der Waals surface area contributed by atoms with Crippen LogP contribution in [0.25, 0.3) is 11.8 Å². The van der Waals surface area contributed by atoms with Gasteiger partial charge in [0.2, 0.25) is 0 Å². The summed E-state index contributed by atoms with van der Waals surface area (Å²) in [5.41, 5.74) is 4.99. The number of nitrogens with one attached hydrogen (secondary N) is 1. The summed E-state index contributed by atoms with van der Waals surface area (Å²) in [5, 5.41) is 7.79. The Morgan fingerprint density at radius 3 is 2.97 bits per heavy atom. The summed E-state index contributed by atoms with van der Waals surface area (Å²) < 4.78 is 21.4. The molecule has 0 bridgehead atoms. The van der Waals surface area contributed by atoms with Gasteiger partial charge in [0.1, 0.15) is 11.6 Å². The van der Waals surface area contributed by atoms with Crippen molar-refractivity contribution >= 4 is 17.6 Å². The summed E-state index contributed by atoms with van der Waals surface area (Å²) >= 11 is 0. The number of anilines is 1. The second-order valence-corrected chi connectivity index (χ2v) is 8.61. The second kappa shape index (κ2) is 7.37. The number of hydrogen-bond acceptors (Lipinski definition) is 6.